The van der Waals surface area contributed by atoms with E-state index in [4.69, 9.17) is 0 Å². The summed E-state index contributed by atoms with van der Waals surface area (Å²) < 4.78 is 0. The van der Waals surface area contributed by atoms with Crippen LogP contribution in [0.5, 0.6) is 0 Å². The van der Waals surface area contributed by atoms with Crippen molar-refractivity contribution in [1.82, 2.24) is 5.32 Å². The maximum Gasteiger partial charge on any atom is 0.0340 e. The molecule has 0 spiro atoms. The zero-order valence-electron chi connectivity index (χ0n) is 8.22. The SMILES string of the molecule is CCNCCCNc1ccccc1. The minimum absolute atomic E-state index is 1.04. The number of nitrogens with one attached hydrogen (secondary N) is 2. The molecule has 0 unspecified atom stereocenters. The fourth-order valence-electron chi connectivity index (χ4n) is 1.18. The van der Waals surface area contributed by atoms with Gasteiger partial charge in [-0.25, -0.2) is 0 Å². The summed E-state index contributed by atoms with van der Waals surface area (Å²) in [5.74, 6) is 0. The second kappa shape index (κ2) is 6.49. The van der Waals surface area contributed by atoms with Crippen LogP contribution in [-0.2, 0) is 0 Å². The summed E-state index contributed by atoms with van der Waals surface area (Å²) in [4.78, 5) is 0. The van der Waals surface area contributed by atoms with E-state index in [2.05, 4.69) is 29.7 Å². The van der Waals surface area contributed by atoms with E-state index in [0.717, 1.165) is 19.6 Å². The Kier molecular flexibility index (Phi) is 5.02. The maximum atomic E-state index is 3.36. The molecule has 13 heavy (non-hydrogen) atoms. The zero-order valence-corrected chi connectivity index (χ0v) is 8.22. The van der Waals surface area contributed by atoms with Gasteiger partial charge in [0.25, 0.3) is 0 Å². The Morgan fingerprint density at radius 2 is 1.85 bits per heavy atom. The van der Waals surface area contributed by atoms with E-state index in [1.54, 1.807) is 0 Å². The van der Waals surface area contributed by atoms with Crippen LogP contribution in [0.2, 0.25) is 0 Å². The summed E-state index contributed by atoms with van der Waals surface area (Å²) in [5.41, 5.74) is 1.21. The number of anilines is 1. The summed E-state index contributed by atoms with van der Waals surface area (Å²) in [6.07, 6.45) is 1.17. The van der Waals surface area contributed by atoms with Crippen LogP contribution in [-0.4, -0.2) is 19.6 Å². The third-order valence-electron chi connectivity index (χ3n) is 1.88. The lowest BCUT2D eigenvalue weighted by molar-refractivity contribution is 0.689. The summed E-state index contributed by atoms with van der Waals surface area (Å²) in [5, 5.41) is 6.66. The van der Waals surface area contributed by atoms with Gasteiger partial charge in [0.2, 0.25) is 0 Å². The summed E-state index contributed by atoms with van der Waals surface area (Å²) in [6, 6.07) is 10.3. The third kappa shape index (κ3) is 4.53. The molecule has 72 valence electrons. The van der Waals surface area contributed by atoms with Gasteiger partial charge in [0.15, 0.2) is 0 Å². The van der Waals surface area contributed by atoms with Crippen LogP contribution in [0.3, 0.4) is 0 Å². The van der Waals surface area contributed by atoms with Gasteiger partial charge in [-0.15, -0.1) is 0 Å². The first-order valence-electron chi connectivity index (χ1n) is 4.93. The van der Waals surface area contributed by atoms with Crippen LogP contribution in [0.1, 0.15) is 13.3 Å². The van der Waals surface area contributed by atoms with E-state index in [0.29, 0.717) is 0 Å². The van der Waals surface area contributed by atoms with Gasteiger partial charge in [0, 0.05) is 12.2 Å². The van der Waals surface area contributed by atoms with Crippen molar-refractivity contribution in [2.45, 2.75) is 13.3 Å². The summed E-state index contributed by atoms with van der Waals surface area (Å²) >= 11 is 0. The highest BCUT2D eigenvalue weighted by atomic mass is 14.9. The van der Waals surface area contributed by atoms with Crippen molar-refractivity contribution in [1.29, 1.82) is 0 Å². The Labute approximate surface area is 80.4 Å². The molecule has 1 rings (SSSR count). The first-order valence-corrected chi connectivity index (χ1v) is 4.93. The van der Waals surface area contributed by atoms with Crippen LogP contribution in [0.25, 0.3) is 0 Å². The first kappa shape index (κ1) is 10.1. The molecule has 0 radical (unpaired) electrons. The lowest BCUT2D eigenvalue weighted by Crippen LogP contribution is -2.17. The fraction of sp³-hybridized carbons (Fsp3) is 0.455. The van der Waals surface area contributed by atoms with Crippen molar-refractivity contribution in [3.8, 4) is 0 Å². The van der Waals surface area contributed by atoms with Gasteiger partial charge in [0.05, 0.1) is 0 Å². The zero-order chi connectivity index (χ0) is 9.36. The molecular weight excluding hydrogens is 160 g/mol. The van der Waals surface area contributed by atoms with Gasteiger partial charge < -0.3 is 10.6 Å². The predicted molar refractivity (Wildman–Crippen MR) is 58.1 cm³/mol. The van der Waals surface area contributed by atoms with Gasteiger partial charge in [-0.3, -0.25) is 0 Å². The van der Waals surface area contributed by atoms with E-state index in [1.165, 1.54) is 12.1 Å². The van der Waals surface area contributed by atoms with Crippen molar-refractivity contribution in [2.24, 2.45) is 0 Å². The number of rotatable bonds is 6. The van der Waals surface area contributed by atoms with Crippen LogP contribution in [0.15, 0.2) is 30.3 Å². The molecule has 1 aromatic rings. The van der Waals surface area contributed by atoms with Gasteiger partial charge in [-0.1, -0.05) is 25.1 Å². The molecular formula is C11H18N2. The van der Waals surface area contributed by atoms with Crippen LogP contribution in [0.4, 0.5) is 5.69 Å². The fourth-order valence-corrected chi connectivity index (χ4v) is 1.18. The molecule has 0 fully saturated rings. The van der Waals surface area contributed by atoms with Crippen molar-refractivity contribution < 1.29 is 0 Å². The Morgan fingerprint density at radius 1 is 1.08 bits per heavy atom. The molecule has 0 aromatic heterocycles. The molecule has 0 saturated carbocycles. The largest absolute Gasteiger partial charge is 0.385 e. The topological polar surface area (TPSA) is 24.1 Å². The number of benzene rings is 1. The lowest BCUT2D eigenvalue weighted by atomic mass is 10.3. The number of para-hydroxylation sites is 1. The molecule has 2 N–H and O–H groups in total. The Morgan fingerprint density at radius 3 is 2.54 bits per heavy atom. The Balaban J connectivity index is 2.07. The lowest BCUT2D eigenvalue weighted by Gasteiger charge is -2.05. The average molecular weight is 178 g/mol. The normalized spacial score (nSPS) is 9.92. The van der Waals surface area contributed by atoms with Gasteiger partial charge in [0.1, 0.15) is 0 Å². The highest BCUT2D eigenvalue weighted by Crippen LogP contribution is 2.03. The van der Waals surface area contributed by atoms with Gasteiger partial charge in [-0.2, -0.15) is 0 Å². The van der Waals surface area contributed by atoms with Gasteiger partial charge >= 0.3 is 0 Å². The van der Waals surface area contributed by atoms with Crippen molar-refractivity contribution >= 4 is 5.69 Å². The van der Waals surface area contributed by atoms with Crippen LogP contribution >= 0.6 is 0 Å². The van der Waals surface area contributed by atoms with E-state index in [-0.39, 0.29) is 0 Å². The highest BCUT2D eigenvalue weighted by Gasteiger charge is 1.88. The standard InChI is InChI=1S/C11H18N2/c1-2-12-9-6-10-13-11-7-4-3-5-8-11/h3-5,7-8,12-13H,2,6,9-10H2,1H3. The van der Waals surface area contributed by atoms with Gasteiger partial charge in [-0.05, 0) is 31.6 Å². The van der Waals surface area contributed by atoms with Crippen LogP contribution < -0.4 is 10.6 Å². The Bertz CT molecular complexity index is 209. The highest BCUT2D eigenvalue weighted by molar-refractivity contribution is 5.42. The minimum atomic E-state index is 1.04. The Hall–Kier alpha value is -1.02. The van der Waals surface area contributed by atoms with Crippen molar-refractivity contribution in [3.63, 3.8) is 0 Å². The van der Waals surface area contributed by atoms with E-state index in [1.807, 2.05) is 18.2 Å². The maximum absolute atomic E-state index is 3.36. The molecule has 0 bridgehead atoms. The predicted octanol–water partition coefficient (Wildman–Crippen LogP) is 2.10. The quantitative estimate of drug-likeness (QED) is 0.652. The second-order valence-corrected chi connectivity index (χ2v) is 3.00. The third-order valence-corrected chi connectivity index (χ3v) is 1.88. The summed E-state index contributed by atoms with van der Waals surface area (Å²) in [6.45, 7) is 5.32. The van der Waals surface area contributed by atoms with Crippen molar-refractivity contribution in [3.05, 3.63) is 30.3 Å². The molecule has 0 saturated heterocycles. The average Bonchev–Trinajstić information content (AvgIpc) is 2.19. The molecule has 2 heteroatoms. The molecule has 0 aliphatic rings. The summed E-state index contributed by atoms with van der Waals surface area (Å²) in [7, 11) is 0. The molecule has 0 atom stereocenters. The molecule has 2 nitrogen and oxygen atoms in total. The smallest absolute Gasteiger partial charge is 0.0340 e. The molecule has 0 aliphatic heterocycles. The molecule has 0 amide bonds. The van der Waals surface area contributed by atoms with Crippen LogP contribution in [0, 0.1) is 0 Å². The molecule has 0 heterocycles. The number of hydrogen-bond donors (Lipinski definition) is 2. The second-order valence-electron chi connectivity index (χ2n) is 3.00. The monoisotopic (exact) mass is 178 g/mol. The van der Waals surface area contributed by atoms with E-state index < -0.39 is 0 Å². The van der Waals surface area contributed by atoms with E-state index in [9.17, 15) is 0 Å². The van der Waals surface area contributed by atoms with E-state index >= 15 is 0 Å². The first-order chi connectivity index (χ1) is 6.43. The molecule has 0 aliphatic carbocycles. The number of hydrogen-bond acceptors (Lipinski definition) is 2. The molecule has 1 aromatic carbocycles. The van der Waals surface area contributed by atoms with Crippen molar-refractivity contribution in [2.75, 3.05) is 25.0 Å². The minimum Gasteiger partial charge on any atom is -0.385 e.